The SMILES string of the molecule is CCN1C(=O)CC(C)(C)c2cc(C)c(-c3cc(C4C[C@@H]4C(=O)O)ccc3OC(F)(F)F)cc21. The van der Waals surface area contributed by atoms with E-state index in [2.05, 4.69) is 4.74 Å². The first-order valence-corrected chi connectivity index (χ1v) is 10.9. The number of benzene rings is 2. The van der Waals surface area contributed by atoms with Crippen LogP contribution in [-0.4, -0.2) is 29.9 Å². The Kier molecular flexibility index (Phi) is 5.46. The fourth-order valence-corrected chi connectivity index (χ4v) is 4.84. The predicted octanol–water partition coefficient (Wildman–Crippen LogP) is 5.78. The van der Waals surface area contributed by atoms with Gasteiger partial charge in [-0.05, 0) is 66.6 Å². The van der Waals surface area contributed by atoms with Crippen molar-refractivity contribution in [2.45, 2.75) is 58.2 Å². The van der Waals surface area contributed by atoms with Gasteiger partial charge in [-0.1, -0.05) is 26.0 Å². The van der Waals surface area contributed by atoms with E-state index in [4.69, 9.17) is 0 Å². The monoisotopic (exact) mass is 461 g/mol. The van der Waals surface area contributed by atoms with Gasteiger partial charge in [0.05, 0.1) is 5.92 Å². The number of halogens is 3. The summed E-state index contributed by atoms with van der Waals surface area (Å²) in [5.41, 5.74) is 3.40. The van der Waals surface area contributed by atoms with Gasteiger partial charge in [-0.2, -0.15) is 0 Å². The first-order valence-electron chi connectivity index (χ1n) is 10.9. The van der Waals surface area contributed by atoms with E-state index >= 15 is 0 Å². The highest BCUT2D eigenvalue weighted by atomic mass is 19.4. The van der Waals surface area contributed by atoms with Crippen molar-refractivity contribution in [2.24, 2.45) is 5.92 Å². The average molecular weight is 461 g/mol. The van der Waals surface area contributed by atoms with Gasteiger partial charge in [-0.15, -0.1) is 13.2 Å². The van der Waals surface area contributed by atoms with Crippen LogP contribution in [0.5, 0.6) is 5.75 Å². The lowest BCUT2D eigenvalue weighted by Crippen LogP contribution is -2.41. The largest absolute Gasteiger partial charge is 0.573 e. The van der Waals surface area contributed by atoms with Crippen LogP contribution in [0.3, 0.4) is 0 Å². The Hall–Kier alpha value is -3.03. The van der Waals surface area contributed by atoms with Crippen molar-refractivity contribution < 1.29 is 32.6 Å². The van der Waals surface area contributed by atoms with Crippen LogP contribution >= 0.6 is 0 Å². The van der Waals surface area contributed by atoms with Gasteiger partial charge in [0.15, 0.2) is 0 Å². The zero-order valence-corrected chi connectivity index (χ0v) is 18.9. The minimum atomic E-state index is -4.88. The second kappa shape index (κ2) is 7.78. The molecular formula is C25H26F3NO4. The Balaban J connectivity index is 1.89. The van der Waals surface area contributed by atoms with Gasteiger partial charge < -0.3 is 14.7 Å². The summed E-state index contributed by atoms with van der Waals surface area (Å²) in [7, 11) is 0. The molecule has 176 valence electrons. The summed E-state index contributed by atoms with van der Waals surface area (Å²) in [6, 6.07) is 8.03. The van der Waals surface area contributed by atoms with Crippen LogP contribution in [-0.2, 0) is 15.0 Å². The number of carboxylic acids is 1. The standard InChI is InChI=1S/C25H26F3NO4/c1-5-29-20-11-15(13(2)8-19(20)24(3,4)12-22(29)30)17-9-14(16-10-18(16)23(31)32)6-7-21(17)33-25(26,27)28/h6-9,11,16,18H,5,10,12H2,1-4H3,(H,31,32)/t16?,18-/m0/s1. The normalized spacial score (nSPS) is 21.5. The summed E-state index contributed by atoms with van der Waals surface area (Å²) in [4.78, 5) is 25.7. The molecule has 1 unspecified atom stereocenters. The number of aliphatic carboxylic acids is 1. The second-order valence-corrected chi connectivity index (χ2v) is 9.47. The van der Waals surface area contributed by atoms with E-state index in [1.807, 2.05) is 33.8 Å². The smallest absolute Gasteiger partial charge is 0.481 e. The molecule has 1 N–H and O–H groups in total. The highest BCUT2D eigenvalue weighted by molar-refractivity contribution is 5.99. The molecule has 33 heavy (non-hydrogen) atoms. The van der Waals surface area contributed by atoms with Gasteiger partial charge in [-0.3, -0.25) is 9.59 Å². The number of ether oxygens (including phenoxy) is 1. The molecule has 0 saturated heterocycles. The summed E-state index contributed by atoms with van der Waals surface area (Å²) in [5, 5.41) is 9.27. The first-order chi connectivity index (χ1) is 15.3. The van der Waals surface area contributed by atoms with Crippen molar-refractivity contribution in [3.8, 4) is 16.9 Å². The Morgan fingerprint density at radius 3 is 2.48 bits per heavy atom. The number of carboxylic acid groups (broad SMARTS) is 1. The average Bonchev–Trinajstić information content (AvgIpc) is 3.48. The number of aryl methyl sites for hydroxylation is 1. The van der Waals surface area contributed by atoms with Gasteiger partial charge in [-0.25, -0.2) is 0 Å². The van der Waals surface area contributed by atoms with Crippen LogP contribution in [0.2, 0.25) is 0 Å². The molecule has 1 aliphatic carbocycles. The molecule has 1 saturated carbocycles. The third-order valence-corrected chi connectivity index (χ3v) is 6.63. The van der Waals surface area contributed by atoms with Crippen LogP contribution in [0.4, 0.5) is 18.9 Å². The van der Waals surface area contributed by atoms with Crippen molar-refractivity contribution in [1.29, 1.82) is 0 Å². The summed E-state index contributed by atoms with van der Waals surface area (Å²) in [6.07, 6.45) is -4.08. The Morgan fingerprint density at radius 2 is 1.91 bits per heavy atom. The molecule has 5 nitrogen and oxygen atoms in total. The van der Waals surface area contributed by atoms with E-state index < -0.39 is 23.7 Å². The summed E-state index contributed by atoms with van der Waals surface area (Å²) in [6.45, 7) is 8.08. The predicted molar refractivity (Wildman–Crippen MR) is 117 cm³/mol. The molecule has 2 aromatic rings. The highest BCUT2D eigenvalue weighted by Crippen LogP contribution is 2.50. The molecular weight excluding hydrogens is 435 g/mol. The lowest BCUT2D eigenvalue weighted by Gasteiger charge is -2.39. The van der Waals surface area contributed by atoms with E-state index in [0.717, 1.165) is 11.1 Å². The van der Waals surface area contributed by atoms with Gasteiger partial charge in [0.2, 0.25) is 5.91 Å². The van der Waals surface area contributed by atoms with Crippen molar-refractivity contribution in [2.75, 3.05) is 11.4 Å². The Labute approximate surface area is 190 Å². The van der Waals surface area contributed by atoms with E-state index in [1.165, 1.54) is 12.1 Å². The lowest BCUT2D eigenvalue weighted by molar-refractivity contribution is -0.274. The number of fused-ring (bicyclic) bond motifs is 1. The Morgan fingerprint density at radius 1 is 1.21 bits per heavy atom. The molecule has 0 radical (unpaired) electrons. The number of hydrogen-bond acceptors (Lipinski definition) is 3. The summed E-state index contributed by atoms with van der Waals surface area (Å²) in [5.74, 6) is -2.09. The van der Waals surface area contributed by atoms with E-state index in [9.17, 15) is 27.9 Å². The molecule has 8 heteroatoms. The van der Waals surface area contributed by atoms with E-state index in [0.29, 0.717) is 36.2 Å². The van der Waals surface area contributed by atoms with Crippen LogP contribution < -0.4 is 9.64 Å². The third kappa shape index (κ3) is 4.30. The van der Waals surface area contributed by atoms with E-state index in [-0.39, 0.29) is 23.1 Å². The molecule has 4 rings (SSSR count). The van der Waals surface area contributed by atoms with Gasteiger partial charge >= 0.3 is 12.3 Å². The minimum Gasteiger partial charge on any atom is -0.481 e. The fraction of sp³-hybridized carbons (Fsp3) is 0.440. The number of carbonyl (C=O) groups excluding carboxylic acids is 1. The number of carbonyl (C=O) groups is 2. The molecule has 0 bridgehead atoms. The maximum absolute atomic E-state index is 13.2. The highest BCUT2D eigenvalue weighted by Gasteiger charge is 2.45. The molecule has 0 aromatic heterocycles. The second-order valence-electron chi connectivity index (χ2n) is 9.47. The first kappa shape index (κ1) is 23.1. The zero-order valence-electron chi connectivity index (χ0n) is 18.9. The van der Waals surface area contributed by atoms with Gasteiger partial charge in [0.25, 0.3) is 0 Å². The number of anilines is 1. The molecule has 1 aliphatic heterocycles. The molecule has 2 atom stereocenters. The number of rotatable bonds is 5. The third-order valence-electron chi connectivity index (χ3n) is 6.63. The lowest BCUT2D eigenvalue weighted by atomic mass is 9.75. The van der Waals surface area contributed by atoms with Crippen LogP contribution in [0, 0.1) is 12.8 Å². The molecule has 1 heterocycles. The summed E-state index contributed by atoms with van der Waals surface area (Å²) >= 11 is 0. The van der Waals surface area contributed by atoms with Gasteiger partial charge in [0, 0.05) is 29.6 Å². The number of hydrogen-bond donors (Lipinski definition) is 1. The minimum absolute atomic E-state index is 0.0346. The quantitative estimate of drug-likeness (QED) is 0.613. The zero-order chi connectivity index (χ0) is 24.3. The van der Waals surface area contributed by atoms with Crippen molar-refractivity contribution in [3.63, 3.8) is 0 Å². The maximum atomic E-state index is 13.2. The van der Waals surface area contributed by atoms with E-state index in [1.54, 1.807) is 17.0 Å². The fourth-order valence-electron chi connectivity index (χ4n) is 4.84. The molecule has 0 spiro atoms. The van der Waals surface area contributed by atoms with Gasteiger partial charge in [0.1, 0.15) is 5.75 Å². The topological polar surface area (TPSA) is 66.8 Å². The molecule has 1 fully saturated rings. The molecule has 2 aliphatic rings. The van der Waals surface area contributed by atoms with Crippen LogP contribution in [0.1, 0.15) is 56.2 Å². The van der Waals surface area contributed by atoms with Crippen molar-refractivity contribution in [3.05, 3.63) is 47.0 Å². The van der Waals surface area contributed by atoms with Crippen LogP contribution in [0.25, 0.3) is 11.1 Å². The van der Waals surface area contributed by atoms with Crippen molar-refractivity contribution >= 4 is 17.6 Å². The summed E-state index contributed by atoms with van der Waals surface area (Å²) < 4.78 is 43.8. The number of nitrogens with zero attached hydrogens (tertiary/aromatic N) is 1. The number of alkyl halides is 3. The van der Waals surface area contributed by atoms with Crippen LogP contribution in [0.15, 0.2) is 30.3 Å². The maximum Gasteiger partial charge on any atom is 0.573 e. The van der Waals surface area contributed by atoms with Crippen molar-refractivity contribution in [1.82, 2.24) is 0 Å². The number of amides is 1. The molecule has 1 amide bonds. The molecule has 2 aromatic carbocycles. The Bertz CT molecular complexity index is 1140.